The predicted octanol–water partition coefficient (Wildman–Crippen LogP) is 5.72. The Bertz CT molecular complexity index is 1210. The Labute approximate surface area is 191 Å². The van der Waals surface area contributed by atoms with E-state index in [9.17, 15) is 0 Å². The normalized spacial score (nSPS) is 18.9. The largest absolute Gasteiger partial charge is 0.488 e. The molecule has 1 unspecified atom stereocenters. The second-order valence-corrected chi connectivity index (χ2v) is 9.31. The lowest BCUT2D eigenvalue weighted by molar-refractivity contribution is 0.137. The highest BCUT2D eigenvalue weighted by Gasteiger charge is 2.25. The summed E-state index contributed by atoms with van der Waals surface area (Å²) in [6.45, 7) is 4.49. The molecule has 4 heterocycles. The Hall–Kier alpha value is -2.80. The Balaban J connectivity index is 1.41. The minimum absolute atomic E-state index is 0.0717. The molecule has 2 aliphatic rings. The fraction of sp³-hybridized carbons (Fsp3) is 0.308. The van der Waals surface area contributed by atoms with Crippen LogP contribution in [0.25, 0.3) is 21.2 Å². The van der Waals surface area contributed by atoms with E-state index in [0.29, 0.717) is 13.2 Å². The van der Waals surface area contributed by atoms with Gasteiger partial charge in [-0.15, -0.1) is 11.3 Å². The molecule has 5 nitrogen and oxygen atoms in total. The monoisotopic (exact) mass is 447 g/mol. The molecule has 1 saturated heterocycles. The summed E-state index contributed by atoms with van der Waals surface area (Å²) in [6, 6.07) is 15.0. The third-order valence-electron chi connectivity index (χ3n) is 6.14. The molecular formula is C26H25NO4S. The molecule has 2 aliphatic heterocycles. The van der Waals surface area contributed by atoms with E-state index in [1.807, 2.05) is 12.3 Å². The van der Waals surface area contributed by atoms with Gasteiger partial charge < -0.3 is 18.6 Å². The molecule has 4 aromatic rings. The first-order valence-electron chi connectivity index (χ1n) is 11.1. The molecule has 0 aliphatic carbocycles. The summed E-state index contributed by atoms with van der Waals surface area (Å²) in [5, 5.41) is 3.52. The lowest BCUT2D eigenvalue weighted by atomic mass is 10.0. The minimum atomic E-state index is 0.0717. The molecule has 164 valence electrons. The molecule has 0 bridgehead atoms. The topological polar surface area (TPSA) is 44.1 Å². The van der Waals surface area contributed by atoms with Crippen LogP contribution in [0.4, 0.5) is 0 Å². The van der Waals surface area contributed by atoms with Crippen molar-refractivity contribution in [2.75, 3.05) is 26.4 Å². The van der Waals surface area contributed by atoms with Gasteiger partial charge in [0.2, 0.25) is 0 Å². The molecule has 2 aromatic heterocycles. The van der Waals surface area contributed by atoms with Gasteiger partial charge >= 0.3 is 0 Å². The van der Waals surface area contributed by atoms with Crippen LogP contribution >= 0.6 is 11.3 Å². The third kappa shape index (κ3) is 3.90. The van der Waals surface area contributed by atoms with Gasteiger partial charge in [-0.25, -0.2) is 0 Å². The van der Waals surface area contributed by atoms with Gasteiger partial charge in [-0.3, -0.25) is 4.90 Å². The minimum Gasteiger partial charge on any atom is -0.488 e. The smallest absolute Gasteiger partial charge is 0.165 e. The van der Waals surface area contributed by atoms with Gasteiger partial charge in [-0.1, -0.05) is 18.2 Å². The fourth-order valence-electron chi connectivity index (χ4n) is 4.54. The first-order chi connectivity index (χ1) is 15.8. The van der Waals surface area contributed by atoms with Crippen LogP contribution in [-0.4, -0.2) is 37.4 Å². The molecule has 1 atom stereocenters. The molecule has 0 saturated carbocycles. The number of benzene rings is 2. The van der Waals surface area contributed by atoms with Crippen molar-refractivity contribution in [1.29, 1.82) is 0 Å². The lowest BCUT2D eigenvalue weighted by Crippen LogP contribution is -2.25. The van der Waals surface area contributed by atoms with Gasteiger partial charge in [0.1, 0.15) is 12.7 Å². The number of hydrogen-bond donors (Lipinski definition) is 0. The Morgan fingerprint density at radius 3 is 2.97 bits per heavy atom. The van der Waals surface area contributed by atoms with E-state index in [2.05, 4.69) is 46.7 Å². The van der Waals surface area contributed by atoms with Gasteiger partial charge in [-0.2, -0.15) is 0 Å². The Morgan fingerprint density at radius 2 is 2.09 bits per heavy atom. The van der Waals surface area contributed by atoms with Crippen molar-refractivity contribution in [1.82, 2.24) is 4.90 Å². The molecule has 0 radical (unpaired) electrons. The van der Waals surface area contributed by atoms with Crippen LogP contribution in [0.3, 0.4) is 0 Å². The highest BCUT2D eigenvalue weighted by molar-refractivity contribution is 7.17. The number of nitrogens with zero attached hydrogens (tertiary/aromatic N) is 1. The quantitative estimate of drug-likeness (QED) is 0.391. The highest BCUT2D eigenvalue weighted by atomic mass is 32.1. The molecule has 32 heavy (non-hydrogen) atoms. The predicted molar refractivity (Wildman–Crippen MR) is 125 cm³/mol. The van der Waals surface area contributed by atoms with Crippen LogP contribution in [-0.2, 0) is 17.8 Å². The van der Waals surface area contributed by atoms with Gasteiger partial charge in [-0.05, 0) is 35.2 Å². The van der Waals surface area contributed by atoms with E-state index in [1.54, 1.807) is 17.6 Å². The van der Waals surface area contributed by atoms with E-state index in [-0.39, 0.29) is 6.10 Å². The van der Waals surface area contributed by atoms with Crippen molar-refractivity contribution in [2.45, 2.75) is 25.6 Å². The lowest BCUT2D eigenvalue weighted by Gasteiger charge is -2.20. The van der Waals surface area contributed by atoms with Gasteiger partial charge in [0.15, 0.2) is 11.5 Å². The summed E-state index contributed by atoms with van der Waals surface area (Å²) in [7, 11) is 0. The number of fused-ring (bicyclic) bond motifs is 2. The molecule has 2 aromatic carbocycles. The van der Waals surface area contributed by atoms with E-state index in [0.717, 1.165) is 49.7 Å². The average Bonchev–Trinajstić information content (AvgIpc) is 3.55. The summed E-state index contributed by atoms with van der Waals surface area (Å²) < 4.78 is 24.8. The summed E-state index contributed by atoms with van der Waals surface area (Å²) in [6.07, 6.45) is 4.53. The first kappa shape index (κ1) is 19.9. The first-order valence-corrected chi connectivity index (χ1v) is 12.0. The number of rotatable bonds is 5. The second kappa shape index (κ2) is 8.62. The van der Waals surface area contributed by atoms with Gasteiger partial charge in [0.05, 0.1) is 25.7 Å². The molecule has 6 rings (SSSR count). The highest BCUT2D eigenvalue weighted by Crippen LogP contribution is 2.42. The summed E-state index contributed by atoms with van der Waals surface area (Å²) in [4.78, 5) is 2.40. The van der Waals surface area contributed by atoms with Crippen LogP contribution < -0.4 is 9.47 Å². The fourth-order valence-corrected chi connectivity index (χ4v) is 5.51. The van der Waals surface area contributed by atoms with Crippen molar-refractivity contribution < 1.29 is 18.6 Å². The van der Waals surface area contributed by atoms with Gasteiger partial charge in [0, 0.05) is 52.8 Å². The molecular weight excluding hydrogens is 422 g/mol. The van der Waals surface area contributed by atoms with Crippen molar-refractivity contribution >= 4 is 21.4 Å². The molecule has 0 N–H and O–H groups in total. The number of hydrogen-bond acceptors (Lipinski definition) is 6. The Morgan fingerprint density at radius 1 is 1.12 bits per heavy atom. The third-order valence-corrected chi connectivity index (χ3v) is 7.10. The van der Waals surface area contributed by atoms with E-state index in [1.165, 1.54) is 26.8 Å². The van der Waals surface area contributed by atoms with Crippen LogP contribution in [0.15, 0.2) is 64.8 Å². The number of thiophene rings is 1. The van der Waals surface area contributed by atoms with Gasteiger partial charge in [0.25, 0.3) is 0 Å². The maximum Gasteiger partial charge on any atom is 0.165 e. The summed E-state index contributed by atoms with van der Waals surface area (Å²) in [5.74, 6) is 1.70. The van der Waals surface area contributed by atoms with Crippen molar-refractivity contribution in [3.8, 4) is 22.6 Å². The molecule has 0 amide bonds. The van der Waals surface area contributed by atoms with E-state index < -0.39 is 0 Å². The zero-order valence-corrected chi connectivity index (χ0v) is 18.6. The van der Waals surface area contributed by atoms with Crippen LogP contribution in [0, 0.1) is 0 Å². The standard InChI is InChI=1S/C26H25NO4S/c1-2-4-25-22(3-1)23(17-32-25)19-11-20-14-27(13-18-5-8-28-15-18)7-10-30-26(20)24(12-19)31-21-6-9-29-16-21/h1-5,8,11-12,15,17,21H,6-7,9-10,13-14,16H2. The van der Waals surface area contributed by atoms with E-state index in [4.69, 9.17) is 18.6 Å². The molecule has 0 spiro atoms. The van der Waals surface area contributed by atoms with Crippen LogP contribution in [0.1, 0.15) is 17.5 Å². The summed E-state index contributed by atoms with van der Waals surface area (Å²) >= 11 is 1.78. The average molecular weight is 448 g/mol. The number of furan rings is 1. The second-order valence-electron chi connectivity index (χ2n) is 8.40. The summed E-state index contributed by atoms with van der Waals surface area (Å²) in [5.41, 5.74) is 4.75. The maximum absolute atomic E-state index is 6.44. The SMILES string of the molecule is c1ccc2c(-c3cc4c(c(OC5CCOC5)c3)OCCN(Cc3ccoc3)C4)csc2c1. The zero-order valence-electron chi connectivity index (χ0n) is 17.8. The zero-order chi connectivity index (χ0) is 21.3. The maximum atomic E-state index is 6.44. The van der Waals surface area contributed by atoms with Crippen molar-refractivity contribution in [3.05, 3.63) is 71.5 Å². The van der Waals surface area contributed by atoms with E-state index >= 15 is 0 Å². The number of ether oxygens (including phenoxy) is 3. The molecule has 6 heteroatoms. The van der Waals surface area contributed by atoms with Crippen LogP contribution in [0.5, 0.6) is 11.5 Å². The molecule has 1 fully saturated rings. The van der Waals surface area contributed by atoms with Crippen molar-refractivity contribution in [3.63, 3.8) is 0 Å². The van der Waals surface area contributed by atoms with Crippen LogP contribution in [0.2, 0.25) is 0 Å². The Kier molecular flexibility index (Phi) is 5.35. The van der Waals surface area contributed by atoms with Crippen molar-refractivity contribution in [2.24, 2.45) is 0 Å².